The van der Waals surface area contributed by atoms with Crippen LogP contribution in [-0.4, -0.2) is 34.3 Å². The molecule has 0 aliphatic heterocycles. The van der Waals surface area contributed by atoms with Crippen LogP contribution in [0.5, 0.6) is 0 Å². The highest BCUT2D eigenvalue weighted by Gasteiger charge is 2.48. The molecule has 658 valence electrons. The predicted molar refractivity (Wildman–Crippen MR) is 531 cm³/mol. The first-order valence-electron chi connectivity index (χ1n) is 51.7. The standard InChI is InChI=1S/C116H164B2O4/c1-9-17-25-33-41-49-73-113(74-50-42-34-26-18-10-2)105-81-89(57-65-97(105)99-67-59-91(83-107(99)113)93-61-69-101-103-71-63-95(117(119)120)87-111(103)115(109(101)85-93,77-53-45-37-29-21-13-5)78-54-46-38-30-22-14-6)90-58-66-98-100-68-60-92(84-108(100)114(106(98)82-90,75-51-43-35-27-19-11-3)76-52-44-36-28-20-12-4)94-62-70-102-104-72-64-96(118(121)122)88-112(104)116(110(102)86-94,79-55-47-39-31-23-15-7)80-56-48-40-32-24-16-8/h57-72,81-88,119-122H,9-56,73-80H2,1-8H3. The topological polar surface area (TPSA) is 80.9 Å². The van der Waals surface area contributed by atoms with Crippen LogP contribution in [0, 0.1) is 0 Å². The van der Waals surface area contributed by atoms with Crippen LogP contribution in [0.15, 0.2) is 146 Å². The van der Waals surface area contributed by atoms with Crippen molar-refractivity contribution in [1.82, 2.24) is 0 Å². The van der Waals surface area contributed by atoms with E-state index >= 15 is 0 Å². The molecule has 0 saturated heterocycles. The first-order valence-corrected chi connectivity index (χ1v) is 51.7. The minimum atomic E-state index is -1.51. The van der Waals surface area contributed by atoms with Crippen molar-refractivity contribution >= 4 is 25.2 Å². The van der Waals surface area contributed by atoms with Crippen LogP contribution < -0.4 is 10.9 Å². The van der Waals surface area contributed by atoms with Gasteiger partial charge in [0.1, 0.15) is 0 Å². The van der Waals surface area contributed by atoms with Gasteiger partial charge >= 0.3 is 14.2 Å². The number of hydrogen-bond acceptors (Lipinski definition) is 4. The highest BCUT2D eigenvalue weighted by Crippen LogP contribution is 2.62. The van der Waals surface area contributed by atoms with Gasteiger partial charge in [-0.3, -0.25) is 0 Å². The second-order valence-electron chi connectivity index (χ2n) is 39.4. The van der Waals surface area contributed by atoms with Crippen molar-refractivity contribution in [3.63, 3.8) is 0 Å². The summed E-state index contributed by atoms with van der Waals surface area (Å²) in [4.78, 5) is 0. The van der Waals surface area contributed by atoms with Crippen molar-refractivity contribution in [2.75, 3.05) is 0 Å². The molecule has 0 spiro atoms. The van der Waals surface area contributed by atoms with Crippen LogP contribution in [-0.2, 0) is 21.7 Å². The van der Waals surface area contributed by atoms with Gasteiger partial charge in [-0.2, -0.15) is 0 Å². The van der Waals surface area contributed by atoms with E-state index in [-0.39, 0.29) is 21.7 Å². The van der Waals surface area contributed by atoms with Crippen molar-refractivity contribution < 1.29 is 20.1 Å². The molecule has 122 heavy (non-hydrogen) atoms. The zero-order valence-corrected chi connectivity index (χ0v) is 78.4. The summed E-state index contributed by atoms with van der Waals surface area (Å²) in [6.45, 7) is 18.7. The average molecular weight is 1640 g/mol. The molecule has 0 radical (unpaired) electrons. The Balaban J connectivity index is 0.976. The Labute approximate surface area is 745 Å². The van der Waals surface area contributed by atoms with Gasteiger partial charge in [0, 0.05) is 21.7 Å². The number of fused-ring (bicyclic) bond motifs is 12. The first kappa shape index (κ1) is 94.9. The van der Waals surface area contributed by atoms with Gasteiger partial charge < -0.3 is 20.1 Å². The third kappa shape index (κ3) is 22.4. The van der Waals surface area contributed by atoms with Gasteiger partial charge in [-0.15, -0.1) is 0 Å². The fraction of sp³-hybridized carbons (Fsp3) is 0.586. The zero-order valence-electron chi connectivity index (χ0n) is 78.4. The van der Waals surface area contributed by atoms with Crippen molar-refractivity contribution in [2.24, 2.45) is 0 Å². The lowest BCUT2D eigenvalue weighted by Crippen LogP contribution is -2.32. The molecular weight excluding hydrogens is 1480 g/mol. The highest BCUT2D eigenvalue weighted by atomic mass is 16.4. The fourth-order valence-electron chi connectivity index (χ4n) is 23.7. The molecule has 12 rings (SSSR count). The third-order valence-electron chi connectivity index (χ3n) is 30.7. The number of rotatable bonds is 61. The van der Waals surface area contributed by atoms with Crippen molar-refractivity contribution in [3.05, 3.63) is 190 Å². The molecule has 4 aliphatic rings. The Kier molecular flexibility index (Phi) is 37.4. The Hall–Kier alpha value is -6.27. The molecule has 4 aliphatic carbocycles. The van der Waals surface area contributed by atoms with Crippen LogP contribution in [0.25, 0.3) is 77.9 Å². The van der Waals surface area contributed by atoms with Gasteiger partial charge in [0.15, 0.2) is 0 Å². The maximum atomic E-state index is 10.9. The lowest BCUT2D eigenvalue weighted by molar-refractivity contribution is 0.397. The zero-order chi connectivity index (χ0) is 85.6. The molecule has 4 nitrogen and oxygen atoms in total. The summed E-state index contributed by atoms with van der Waals surface area (Å²) in [6, 6.07) is 59.3. The van der Waals surface area contributed by atoms with Crippen LogP contribution >= 0.6 is 0 Å². The van der Waals surface area contributed by atoms with Gasteiger partial charge in [0.25, 0.3) is 0 Å². The van der Waals surface area contributed by atoms with Gasteiger partial charge in [-0.25, -0.2) is 0 Å². The lowest BCUT2D eigenvalue weighted by atomic mass is 9.68. The van der Waals surface area contributed by atoms with E-state index in [4.69, 9.17) is 0 Å². The van der Waals surface area contributed by atoms with Crippen molar-refractivity contribution in [3.8, 4) is 77.9 Å². The molecule has 4 N–H and O–H groups in total. The van der Waals surface area contributed by atoms with E-state index in [9.17, 15) is 20.1 Å². The maximum absolute atomic E-state index is 10.9. The summed E-state index contributed by atoms with van der Waals surface area (Å²) in [5.74, 6) is 0. The predicted octanol–water partition coefficient (Wildman–Crippen LogP) is 33.1. The molecule has 0 bridgehead atoms. The molecule has 8 aromatic rings. The van der Waals surface area contributed by atoms with Crippen molar-refractivity contribution in [2.45, 2.75) is 437 Å². The van der Waals surface area contributed by atoms with Crippen LogP contribution in [0.3, 0.4) is 0 Å². The summed E-state index contributed by atoms with van der Waals surface area (Å²) < 4.78 is 0. The molecule has 0 amide bonds. The molecule has 0 fully saturated rings. The number of hydrogen-bond donors (Lipinski definition) is 4. The Morgan fingerprint density at radius 2 is 0.295 bits per heavy atom. The molecule has 0 atom stereocenters. The number of unbranched alkanes of at least 4 members (excludes halogenated alkanes) is 40. The van der Waals surface area contributed by atoms with Crippen LogP contribution in [0.4, 0.5) is 0 Å². The van der Waals surface area contributed by atoms with E-state index in [0.717, 1.165) is 51.4 Å². The first-order chi connectivity index (χ1) is 59.8. The van der Waals surface area contributed by atoms with E-state index in [0.29, 0.717) is 10.9 Å². The third-order valence-corrected chi connectivity index (χ3v) is 30.7. The largest absolute Gasteiger partial charge is 0.488 e. The Morgan fingerprint density at radius 1 is 0.164 bits per heavy atom. The molecule has 0 unspecified atom stereocenters. The summed E-state index contributed by atoms with van der Waals surface area (Å²) in [6.07, 6.45) is 69.8. The normalized spacial score (nSPS) is 14.4. The smallest absolute Gasteiger partial charge is 0.423 e. The minimum absolute atomic E-state index is 0.143. The van der Waals surface area contributed by atoms with E-state index in [1.165, 1.54) is 408 Å². The van der Waals surface area contributed by atoms with Crippen LogP contribution in [0.2, 0.25) is 0 Å². The average Bonchev–Trinajstić information content (AvgIpc) is 1.55. The Morgan fingerprint density at radius 3 is 0.443 bits per heavy atom. The second kappa shape index (κ2) is 48.1. The van der Waals surface area contributed by atoms with Gasteiger partial charge in [0.2, 0.25) is 0 Å². The highest BCUT2D eigenvalue weighted by molar-refractivity contribution is 6.59. The maximum Gasteiger partial charge on any atom is 0.488 e. The molecule has 0 heterocycles. The fourth-order valence-corrected chi connectivity index (χ4v) is 23.7. The second-order valence-corrected chi connectivity index (χ2v) is 39.4. The minimum Gasteiger partial charge on any atom is -0.423 e. The van der Waals surface area contributed by atoms with E-state index in [1.54, 1.807) is 22.3 Å². The SMILES string of the molecule is CCCCCCCCC1(CCCCCCCC)c2cc(B(O)O)ccc2-c2ccc(-c3ccc4c(c3)C(CCCCCCCC)(CCCCCCCC)c3cc(-c5ccc6c(c5)C(CCCCCCCC)(CCCCCCCC)c5cc(-c7ccc8c(c7)C(CCCCCCCC)(CCCCCCCC)c7cc(B(O)O)ccc7-8)ccc5-6)ccc3-4)cc21. The Bertz CT molecular complexity index is 4170. The molecular formula is C116H164B2O4. The molecule has 8 aromatic carbocycles. The molecule has 0 aromatic heterocycles. The summed E-state index contributed by atoms with van der Waals surface area (Å²) in [5.41, 5.74) is 31.4. The molecule has 0 saturated carbocycles. The molecule has 6 heteroatoms. The monoisotopic (exact) mass is 1640 g/mol. The summed E-state index contributed by atoms with van der Waals surface area (Å²) >= 11 is 0. The van der Waals surface area contributed by atoms with Gasteiger partial charge in [-0.1, -0.05) is 473 Å². The lowest BCUT2D eigenvalue weighted by Gasteiger charge is -2.34. The quantitative estimate of drug-likeness (QED) is 0.0226. The van der Waals surface area contributed by atoms with Crippen molar-refractivity contribution in [1.29, 1.82) is 0 Å². The van der Waals surface area contributed by atoms with E-state index in [2.05, 4.69) is 189 Å². The van der Waals surface area contributed by atoms with Crippen LogP contribution in [0.1, 0.15) is 459 Å². The van der Waals surface area contributed by atoms with E-state index in [1.807, 2.05) is 12.1 Å². The van der Waals surface area contributed by atoms with Gasteiger partial charge in [-0.05, 0) is 221 Å². The van der Waals surface area contributed by atoms with Gasteiger partial charge in [0.05, 0.1) is 0 Å². The van der Waals surface area contributed by atoms with E-state index < -0.39 is 14.2 Å². The number of benzene rings is 8. The summed E-state index contributed by atoms with van der Waals surface area (Å²) in [5, 5.41) is 43.5. The summed E-state index contributed by atoms with van der Waals surface area (Å²) in [7, 11) is -3.02.